The van der Waals surface area contributed by atoms with E-state index in [1.54, 1.807) is 24.3 Å². The first-order valence-electron chi connectivity index (χ1n) is 10.5. The summed E-state index contributed by atoms with van der Waals surface area (Å²) < 4.78 is 0. The fourth-order valence-electron chi connectivity index (χ4n) is 3.42. The highest BCUT2D eigenvalue weighted by molar-refractivity contribution is 5.98. The van der Waals surface area contributed by atoms with Gasteiger partial charge in [-0.3, -0.25) is 14.4 Å². The van der Waals surface area contributed by atoms with Crippen molar-refractivity contribution in [1.82, 2.24) is 20.6 Å². The number of carbonyl (C=O) groups is 3. The van der Waals surface area contributed by atoms with Crippen molar-refractivity contribution in [3.63, 3.8) is 0 Å². The number of H-pyrrole nitrogens is 1. The molecule has 0 unspecified atom stereocenters. The van der Waals surface area contributed by atoms with E-state index < -0.39 is 30.4 Å². The van der Waals surface area contributed by atoms with Crippen LogP contribution in [0.1, 0.15) is 41.8 Å². The molecule has 3 aromatic rings. The summed E-state index contributed by atoms with van der Waals surface area (Å²) in [6, 6.07) is 10.2. The Hall–Kier alpha value is -3.68. The number of nitrogens with one attached hydrogen (secondary N) is 3. The first-order valence-corrected chi connectivity index (χ1v) is 10.5. The van der Waals surface area contributed by atoms with Gasteiger partial charge < -0.3 is 20.7 Å². The van der Waals surface area contributed by atoms with Crippen LogP contribution in [-0.2, 0) is 9.59 Å². The molecule has 8 heteroatoms. The molecule has 0 aliphatic rings. The number of aromatic nitrogens is 2. The molecule has 0 radical (unpaired) electrons. The van der Waals surface area contributed by atoms with Crippen LogP contribution in [0.4, 0.5) is 0 Å². The van der Waals surface area contributed by atoms with Gasteiger partial charge in [-0.25, -0.2) is 4.98 Å². The second kappa shape index (κ2) is 9.64. The van der Waals surface area contributed by atoms with E-state index in [-0.39, 0.29) is 5.92 Å². The number of hydrogen-bond acceptors (Lipinski definition) is 4. The first kappa shape index (κ1) is 23.0. The van der Waals surface area contributed by atoms with E-state index in [0.29, 0.717) is 17.8 Å². The lowest BCUT2D eigenvalue weighted by Gasteiger charge is -2.20. The molecule has 4 N–H and O–H groups in total. The van der Waals surface area contributed by atoms with E-state index in [2.05, 4.69) is 33.6 Å². The Kier molecular flexibility index (Phi) is 6.92. The van der Waals surface area contributed by atoms with E-state index in [9.17, 15) is 14.4 Å². The van der Waals surface area contributed by atoms with Gasteiger partial charge in [0.05, 0.1) is 11.0 Å². The Morgan fingerprint density at radius 3 is 2.34 bits per heavy atom. The minimum absolute atomic E-state index is 0.138. The number of aliphatic carboxylic acids is 1. The predicted octanol–water partition coefficient (Wildman–Crippen LogP) is 3.19. The molecule has 8 nitrogen and oxygen atoms in total. The van der Waals surface area contributed by atoms with Crippen LogP contribution < -0.4 is 10.6 Å². The number of carboxylic acid groups (broad SMARTS) is 1. The van der Waals surface area contributed by atoms with E-state index >= 15 is 0 Å². The zero-order chi connectivity index (χ0) is 23.4. The number of rotatable bonds is 8. The molecule has 0 aliphatic carbocycles. The topological polar surface area (TPSA) is 124 Å². The number of fused-ring (bicyclic) bond motifs is 1. The van der Waals surface area contributed by atoms with Gasteiger partial charge in [-0.05, 0) is 61.6 Å². The molecule has 32 heavy (non-hydrogen) atoms. The highest BCUT2D eigenvalue weighted by atomic mass is 16.4. The number of benzene rings is 2. The lowest BCUT2D eigenvalue weighted by molar-refractivity contribution is -0.138. The Labute approximate surface area is 186 Å². The third-order valence-electron chi connectivity index (χ3n) is 5.26. The summed E-state index contributed by atoms with van der Waals surface area (Å²) in [7, 11) is 0. The third kappa shape index (κ3) is 5.51. The van der Waals surface area contributed by atoms with E-state index in [1.165, 1.54) is 11.1 Å². The molecule has 1 aromatic heterocycles. The molecular formula is C24H28N4O4. The smallest absolute Gasteiger partial charge is 0.322 e. The molecular weight excluding hydrogens is 408 g/mol. The van der Waals surface area contributed by atoms with Gasteiger partial charge in [0.25, 0.3) is 5.91 Å². The normalized spacial score (nSPS) is 12.0. The highest BCUT2D eigenvalue weighted by Crippen LogP contribution is 2.23. The number of aryl methyl sites for hydroxylation is 2. The second-order valence-corrected chi connectivity index (χ2v) is 8.38. The zero-order valence-corrected chi connectivity index (χ0v) is 18.7. The van der Waals surface area contributed by atoms with Crippen molar-refractivity contribution in [3.8, 4) is 11.4 Å². The molecule has 1 atom stereocenters. The predicted molar refractivity (Wildman–Crippen MR) is 122 cm³/mol. The van der Waals surface area contributed by atoms with Crippen LogP contribution in [-0.4, -0.2) is 45.4 Å². The standard InChI is InChI=1S/C24H28N4O4/c1-13(2)9-20(24(32)25-12-21(29)30)28-23(31)17-7-5-16(6-8-17)22-26-18-10-14(3)15(4)11-19(18)27-22/h5-8,10-11,13,20H,9,12H2,1-4H3,(H,25,32)(H,26,27)(H,28,31)(H,29,30)/t20-/m0/s1. The molecule has 2 amide bonds. The Balaban J connectivity index is 1.74. The molecule has 0 bridgehead atoms. The van der Waals surface area contributed by atoms with Crippen LogP contribution in [0.2, 0.25) is 0 Å². The molecule has 3 rings (SSSR count). The lowest BCUT2D eigenvalue weighted by atomic mass is 10.0. The molecule has 0 saturated heterocycles. The van der Waals surface area contributed by atoms with Crippen molar-refractivity contribution in [2.45, 2.75) is 40.2 Å². The fourth-order valence-corrected chi connectivity index (χ4v) is 3.42. The summed E-state index contributed by atoms with van der Waals surface area (Å²) in [6.07, 6.45) is 0.396. The minimum Gasteiger partial charge on any atom is -0.480 e. The largest absolute Gasteiger partial charge is 0.480 e. The average molecular weight is 437 g/mol. The summed E-state index contributed by atoms with van der Waals surface area (Å²) in [4.78, 5) is 43.7. The fraction of sp³-hybridized carbons (Fsp3) is 0.333. The Morgan fingerprint density at radius 2 is 1.72 bits per heavy atom. The summed E-state index contributed by atoms with van der Waals surface area (Å²) in [5.74, 6) is -1.21. The van der Waals surface area contributed by atoms with Crippen molar-refractivity contribution in [2.75, 3.05) is 6.54 Å². The average Bonchev–Trinajstić information content (AvgIpc) is 3.14. The van der Waals surface area contributed by atoms with Crippen molar-refractivity contribution >= 4 is 28.8 Å². The minimum atomic E-state index is -1.14. The second-order valence-electron chi connectivity index (χ2n) is 8.38. The van der Waals surface area contributed by atoms with Crippen LogP contribution in [0.15, 0.2) is 36.4 Å². The van der Waals surface area contributed by atoms with Crippen LogP contribution >= 0.6 is 0 Å². The van der Waals surface area contributed by atoms with Crippen molar-refractivity contribution in [3.05, 3.63) is 53.1 Å². The monoisotopic (exact) mass is 436 g/mol. The molecule has 168 valence electrons. The molecule has 0 fully saturated rings. The zero-order valence-electron chi connectivity index (χ0n) is 18.7. The maximum atomic E-state index is 12.7. The number of aromatic amines is 1. The van der Waals surface area contributed by atoms with Gasteiger partial charge in [0.2, 0.25) is 5.91 Å². The molecule has 1 heterocycles. The van der Waals surface area contributed by atoms with Crippen LogP contribution in [0.25, 0.3) is 22.4 Å². The molecule has 0 spiro atoms. The van der Waals surface area contributed by atoms with Gasteiger partial charge in [0.1, 0.15) is 18.4 Å². The number of hydrogen-bond donors (Lipinski definition) is 4. The van der Waals surface area contributed by atoms with E-state index in [4.69, 9.17) is 5.11 Å². The number of carbonyl (C=O) groups excluding carboxylic acids is 2. The van der Waals surface area contributed by atoms with E-state index in [0.717, 1.165) is 16.6 Å². The number of nitrogens with zero attached hydrogens (tertiary/aromatic N) is 1. The first-order chi connectivity index (χ1) is 15.1. The molecule has 2 aromatic carbocycles. The van der Waals surface area contributed by atoms with Gasteiger partial charge in [-0.2, -0.15) is 0 Å². The maximum absolute atomic E-state index is 12.7. The Bertz CT molecular complexity index is 1110. The van der Waals surface area contributed by atoms with Crippen molar-refractivity contribution in [2.24, 2.45) is 5.92 Å². The van der Waals surface area contributed by atoms with Crippen molar-refractivity contribution < 1.29 is 19.5 Å². The van der Waals surface area contributed by atoms with E-state index in [1.807, 2.05) is 26.8 Å². The van der Waals surface area contributed by atoms with Crippen LogP contribution in [0.3, 0.4) is 0 Å². The van der Waals surface area contributed by atoms with Crippen molar-refractivity contribution in [1.29, 1.82) is 0 Å². The van der Waals surface area contributed by atoms with Gasteiger partial charge in [-0.1, -0.05) is 26.0 Å². The van der Waals surface area contributed by atoms with Gasteiger partial charge in [0.15, 0.2) is 0 Å². The summed E-state index contributed by atoms with van der Waals surface area (Å²) in [5.41, 5.74) is 5.43. The number of imidazole rings is 1. The SMILES string of the molecule is Cc1cc2nc(-c3ccc(C(=O)N[C@@H](CC(C)C)C(=O)NCC(=O)O)cc3)[nH]c2cc1C. The third-order valence-corrected chi connectivity index (χ3v) is 5.26. The maximum Gasteiger partial charge on any atom is 0.322 e. The molecule has 0 saturated carbocycles. The number of carboxylic acids is 1. The number of amides is 2. The summed E-state index contributed by atoms with van der Waals surface area (Å²) in [5, 5.41) is 13.8. The van der Waals surface area contributed by atoms with Gasteiger partial charge >= 0.3 is 5.97 Å². The summed E-state index contributed by atoms with van der Waals surface area (Å²) >= 11 is 0. The van der Waals surface area contributed by atoms with Gasteiger partial charge in [-0.15, -0.1) is 0 Å². The quantitative estimate of drug-likeness (QED) is 0.432. The van der Waals surface area contributed by atoms with Crippen LogP contribution in [0.5, 0.6) is 0 Å². The highest BCUT2D eigenvalue weighted by Gasteiger charge is 2.23. The van der Waals surface area contributed by atoms with Gasteiger partial charge in [0, 0.05) is 11.1 Å². The Morgan fingerprint density at radius 1 is 1.06 bits per heavy atom. The van der Waals surface area contributed by atoms with Crippen LogP contribution in [0, 0.1) is 19.8 Å². The lowest BCUT2D eigenvalue weighted by Crippen LogP contribution is -2.48. The molecule has 0 aliphatic heterocycles. The summed E-state index contributed by atoms with van der Waals surface area (Å²) in [6.45, 7) is 7.46.